The van der Waals surface area contributed by atoms with E-state index in [-0.39, 0.29) is 12.5 Å². The molecular formula is C38H31NO6. The van der Waals surface area contributed by atoms with Gasteiger partial charge in [0.05, 0.1) is 5.41 Å². The smallest absolute Gasteiger partial charge is 0.407 e. The highest BCUT2D eigenvalue weighted by Crippen LogP contribution is 2.47. The van der Waals surface area contributed by atoms with E-state index in [9.17, 15) is 24.6 Å². The molecule has 2 atom stereocenters. The molecule has 0 aromatic heterocycles. The van der Waals surface area contributed by atoms with Gasteiger partial charge < -0.3 is 20.3 Å². The normalized spacial score (nSPS) is 13.6. The monoisotopic (exact) mass is 597 g/mol. The van der Waals surface area contributed by atoms with Crippen LogP contribution in [0.3, 0.4) is 0 Å². The molecule has 0 saturated heterocycles. The molecule has 0 spiro atoms. The van der Waals surface area contributed by atoms with Crippen LogP contribution in [-0.2, 0) is 19.7 Å². The fourth-order valence-electron chi connectivity index (χ4n) is 6.77. The van der Waals surface area contributed by atoms with Crippen LogP contribution in [0.15, 0.2) is 140 Å². The molecular weight excluding hydrogens is 566 g/mol. The van der Waals surface area contributed by atoms with E-state index in [4.69, 9.17) is 4.74 Å². The first-order chi connectivity index (χ1) is 21.9. The van der Waals surface area contributed by atoms with Crippen molar-refractivity contribution < 1.29 is 29.3 Å². The molecule has 1 unspecified atom stereocenters. The van der Waals surface area contributed by atoms with Crippen LogP contribution in [-0.4, -0.2) is 40.9 Å². The molecule has 0 saturated carbocycles. The Kier molecular flexibility index (Phi) is 8.16. The molecule has 1 amide bonds. The first-order valence-corrected chi connectivity index (χ1v) is 14.7. The van der Waals surface area contributed by atoms with Crippen molar-refractivity contribution in [1.29, 1.82) is 0 Å². The lowest BCUT2D eigenvalue weighted by atomic mass is 9.59. The molecule has 224 valence electrons. The number of benzene rings is 5. The molecule has 7 heteroatoms. The average molecular weight is 598 g/mol. The summed E-state index contributed by atoms with van der Waals surface area (Å²) in [5.41, 5.74) is 4.29. The summed E-state index contributed by atoms with van der Waals surface area (Å²) in [5, 5.41) is 23.9. The molecule has 1 aliphatic carbocycles. The lowest BCUT2D eigenvalue weighted by molar-refractivity contribution is -0.152. The second kappa shape index (κ2) is 12.5. The summed E-state index contributed by atoms with van der Waals surface area (Å²) in [7, 11) is 0. The predicted molar refractivity (Wildman–Crippen MR) is 170 cm³/mol. The number of fused-ring (bicyclic) bond motifs is 3. The van der Waals surface area contributed by atoms with Gasteiger partial charge in [0.15, 0.2) is 0 Å². The summed E-state index contributed by atoms with van der Waals surface area (Å²) in [6, 6.07) is 40.7. The van der Waals surface area contributed by atoms with Gasteiger partial charge in [0, 0.05) is 5.92 Å². The van der Waals surface area contributed by atoms with E-state index in [1.165, 1.54) is 0 Å². The zero-order valence-corrected chi connectivity index (χ0v) is 24.2. The summed E-state index contributed by atoms with van der Waals surface area (Å²) in [4.78, 5) is 39.8. The molecule has 5 aromatic rings. The fraction of sp³-hybridized carbons (Fsp3) is 0.132. The van der Waals surface area contributed by atoms with Gasteiger partial charge in [-0.25, -0.2) is 9.59 Å². The van der Waals surface area contributed by atoms with Crippen molar-refractivity contribution in [3.05, 3.63) is 167 Å². The van der Waals surface area contributed by atoms with Crippen LogP contribution in [0.5, 0.6) is 0 Å². The minimum Gasteiger partial charge on any atom is -0.481 e. The summed E-state index contributed by atoms with van der Waals surface area (Å²) >= 11 is 0. The standard InChI is InChI=1S/C38H31NO6/c40-35(41)33(38(25-14-4-1-5-15-25,26-16-6-2-7-17-26)27-18-8-3-9-19-27)34(36(42)43)39-37(44)45-24-32-30-22-12-10-20-28(30)29-21-11-13-23-31(29)32/h1-23,32-34H,24H2,(H,39,44)(H,40,41)(H,42,43)/t33?,34-/m0/s1. The number of carbonyl (C=O) groups excluding carboxylic acids is 1. The number of carboxylic acid groups (broad SMARTS) is 2. The van der Waals surface area contributed by atoms with Crippen molar-refractivity contribution in [1.82, 2.24) is 5.32 Å². The Morgan fingerprint density at radius 2 is 1.00 bits per heavy atom. The van der Waals surface area contributed by atoms with Crippen LogP contribution in [0.25, 0.3) is 11.1 Å². The molecule has 0 aliphatic heterocycles. The fourth-order valence-corrected chi connectivity index (χ4v) is 6.77. The Morgan fingerprint density at radius 1 is 0.600 bits per heavy atom. The summed E-state index contributed by atoms with van der Waals surface area (Å²) in [6.07, 6.45) is -1.02. The van der Waals surface area contributed by atoms with Crippen molar-refractivity contribution in [3.63, 3.8) is 0 Å². The number of carbonyl (C=O) groups is 3. The highest BCUT2D eigenvalue weighted by atomic mass is 16.5. The van der Waals surface area contributed by atoms with Crippen LogP contribution in [0.4, 0.5) is 4.79 Å². The van der Waals surface area contributed by atoms with Gasteiger partial charge in [-0.15, -0.1) is 0 Å². The number of aliphatic carboxylic acids is 2. The molecule has 1 aliphatic rings. The van der Waals surface area contributed by atoms with Crippen molar-refractivity contribution in [2.45, 2.75) is 17.4 Å². The Labute approximate surface area is 260 Å². The average Bonchev–Trinajstić information content (AvgIpc) is 3.40. The second-order valence-corrected chi connectivity index (χ2v) is 11.0. The van der Waals surface area contributed by atoms with E-state index in [1.807, 2.05) is 66.7 Å². The highest BCUT2D eigenvalue weighted by molar-refractivity contribution is 5.89. The van der Waals surface area contributed by atoms with Gasteiger partial charge in [-0.3, -0.25) is 4.79 Å². The third-order valence-corrected chi connectivity index (χ3v) is 8.64. The molecule has 0 heterocycles. The Bertz CT molecular complexity index is 1680. The third-order valence-electron chi connectivity index (χ3n) is 8.64. The summed E-state index contributed by atoms with van der Waals surface area (Å²) in [6.45, 7) is -0.0505. The SMILES string of the molecule is O=C(N[C@H](C(=O)O)C(C(=O)O)C(c1ccccc1)(c1ccccc1)c1ccccc1)OCC1c2ccccc2-c2ccccc21. The first kappa shape index (κ1) is 29.4. The van der Waals surface area contributed by atoms with E-state index < -0.39 is 35.4 Å². The van der Waals surface area contributed by atoms with Crippen LogP contribution >= 0.6 is 0 Å². The van der Waals surface area contributed by atoms with Gasteiger partial charge in [-0.05, 0) is 38.9 Å². The van der Waals surface area contributed by atoms with Gasteiger partial charge in [0.2, 0.25) is 0 Å². The number of hydrogen-bond acceptors (Lipinski definition) is 4. The summed E-state index contributed by atoms with van der Waals surface area (Å²) < 4.78 is 5.67. The molecule has 7 nitrogen and oxygen atoms in total. The zero-order chi connectivity index (χ0) is 31.4. The topological polar surface area (TPSA) is 113 Å². The molecule has 5 aromatic carbocycles. The van der Waals surface area contributed by atoms with E-state index in [0.29, 0.717) is 16.7 Å². The summed E-state index contributed by atoms with van der Waals surface area (Å²) in [5.74, 6) is -4.82. The van der Waals surface area contributed by atoms with Crippen LogP contribution in [0.2, 0.25) is 0 Å². The number of rotatable bonds is 10. The molecule has 0 bridgehead atoms. The van der Waals surface area contributed by atoms with Crippen molar-refractivity contribution in [2.24, 2.45) is 5.92 Å². The number of carboxylic acids is 2. The maximum Gasteiger partial charge on any atom is 0.407 e. The number of alkyl carbamates (subject to hydrolysis) is 1. The predicted octanol–water partition coefficient (Wildman–Crippen LogP) is 6.71. The lowest BCUT2D eigenvalue weighted by Crippen LogP contribution is -2.57. The minimum atomic E-state index is -1.86. The Balaban J connectivity index is 1.39. The molecule has 6 rings (SSSR count). The zero-order valence-electron chi connectivity index (χ0n) is 24.2. The van der Waals surface area contributed by atoms with Gasteiger partial charge in [0.1, 0.15) is 18.6 Å². The van der Waals surface area contributed by atoms with E-state index in [0.717, 1.165) is 22.3 Å². The molecule has 45 heavy (non-hydrogen) atoms. The van der Waals surface area contributed by atoms with E-state index >= 15 is 0 Å². The first-order valence-electron chi connectivity index (χ1n) is 14.7. The van der Waals surface area contributed by atoms with Gasteiger partial charge >= 0.3 is 18.0 Å². The molecule has 0 radical (unpaired) electrons. The van der Waals surface area contributed by atoms with Crippen LogP contribution < -0.4 is 5.32 Å². The van der Waals surface area contributed by atoms with Crippen molar-refractivity contribution >= 4 is 18.0 Å². The van der Waals surface area contributed by atoms with Gasteiger partial charge in [-0.2, -0.15) is 0 Å². The van der Waals surface area contributed by atoms with Gasteiger partial charge in [-0.1, -0.05) is 140 Å². The van der Waals surface area contributed by atoms with Crippen LogP contribution in [0, 0.1) is 5.92 Å². The number of amides is 1. The maximum absolute atomic E-state index is 13.4. The lowest BCUT2D eigenvalue weighted by Gasteiger charge is -2.42. The number of nitrogens with one attached hydrogen (secondary N) is 1. The second-order valence-electron chi connectivity index (χ2n) is 11.0. The quantitative estimate of drug-likeness (QED) is 0.154. The Morgan fingerprint density at radius 3 is 1.40 bits per heavy atom. The molecule has 3 N–H and O–H groups in total. The van der Waals surface area contributed by atoms with Crippen LogP contribution in [0.1, 0.15) is 33.7 Å². The van der Waals surface area contributed by atoms with E-state index in [2.05, 4.69) is 5.32 Å². The maximum atomic E-state index is 13.4. The highest BCUT2D eigenvalue weighted by Gasteiger charge is 2.54. The number of hydrogen-bond donors (Lipinski definition) is 3. The van der Waals surface area contributed by atoms with Gasteiger partial charge in [0.25, 0.3) is 0 Å². The van der Waals surface area contributed by atoms with Crippen molar-refractivity contribution in [2.75, 3.05) is 6.61 Å². The largest absolute Gasteiger partial charge is 0.481 e. The van der Waals surface area contributed by atoms with E-state index in [1.54, 1.807) is 72.8 Å². The number of ether oxygens (including phenoxy) is 1. The van der Waals surface area contributed by atoms with Crippen molar-refractivity contribution in [3.8, 4) is 11.1 Å². The minimum absolute atomic E-state index is 0.0505. The third kappa shape index (κ3) is 5.33. The molecule has 0 fully saturated rings. The Hall–Kier alpha value is -5.69.